The Bertz CT molecular complexity index is 1090. The third kappa shape index (κ3) is 2.81. The molecular formula is C20H17N4O+. The smallest absolute Gasteiger partial charge is 0.257 e. The minimum Gasteiger partial charge on any atom is -0.353 e. The summed E-state index contributed by atoms with van der Waals surface area (Å²) in [6, 6.07) is 17.6. The van der Waals surface area contributed by atoms with E-state index in [9.17, 15) is 4.79 Å². The number of nitrogens with one attached hydrogen (secondary N) is 1. The third-order valence-corrected chi connectivity index (χ3v) is 4.19. The summed E-state index contributed by atoms with van der Waals surface area (Å²) in [6.45, 7) is 0.645. The van der Waals surface area contributed by atoms with Gasteiger partial charge in [-0.1, -0.05) is 30.3 Å². The van der Waals surface area contributed by atoms with Crippen LogP contribution in [0.15, 0.2) is 71.8 Å². The maximum Gasteiger partial charge on any atom is 0.257 e. The number of quaternary nitrogens is 1. The highest BCUT2D eigenvalue weighted by atomic mass is 16.1. The van der Waals surface area contributed by atoms with E-state index < -0.39 is 0 Å². The van der Waals surface area contributed by atoms with Crippen molar-refractivity contribution in [3.63, 3.8) is 0 Å². The Morgan fingerprint density at radius 2 is 1.84 bits per heavy atom. The van der Waals surface area contributed by atoms with Crippen molar-refractivity contribution in [2.75, 3.05) is 0 Å². The first kappa shape index (κ1) is 15.2. The van der Waals surface area contributed by atoms with Gasteiger partial charge in [0.1, 0.15) is 6.54 Å². The number of H-pyrrole nitrogens is 1. The van der Waals surface area contributed by atoms with Gasteiger partial charge in [-0.15, -0.1) is 0 Å². The van der Waals surface area contributed by atoms with Gasteiger partial charge in [-0.3, -0.25) is 9.78 Å². The number of pyridine rings is 3. The van der Waals surface area contributed by atoms with Crippen LogP contribution in [0.5, 0.6) is 0 Å². The molecule has 0 aliphatic rings. The highest BCUT2D eigenvalue weighted by Crippen LogP contribution is 2.32. The summed E-state index contributed by atoms with van der Waals surface area (Å²) in [7, 11) is 0. The first-order chi connectivity index (χ1) is 12.3. The summed E-state index contributed by atoms with van der Waals surface area (Å²) in [5, 5.41) is 0.576. The van der Waals surface area contributed by atoms with Crippen LogP contribution < -0.4 is 11.3 Å². The van der Waals surface area contributed by atoms with Gasteiger partial charge in [-0.25, -0.2) is 4.98 Å². The molecule has 0 aliphatic carbocycles. The molecule has 1 aromatic carbocycles. The average Bonchev–Trinajstić information content (AvgIpc) is 2.68. The fourth-order valence-corrected chi connectivity index (χ4v) is 2.88. The zero-order chi connectivity index (χ0) is 17.2. The fourth-order valence-electron chi connectivity index (χ4n) is 2.88. The highest BCUT2D eigenvalue weighted by molar-refractivity contribution is 5.90. The van der Waals surface area contributed by atoms with Crippen LogP contribution >= 0.6 is 0 Å². The molecule has 4 aromatic rings. The molecule has 0 unspecified atom stereocenters. The van der Waals surface area contributed by atoms with Gasteiger partial charge in [-0.2, -0.15) is 0 Å². The molecule has 0 spiro atoms. The number of rotatable bonds is 3. The molecule has 5 heteroatoms. The number of nitrogens with zero attached hydrogens (tertiary/aromatic N) is 2. The van der Waals surface area contributed by atoms with Crippen LogP contribution in [0.2, 0.25) is 0 Å². The monoisotopic (exact) mass is 329 g/mol. The minimum atomic E-state index is -0.140. The molecule has 0 atom stereocenters. The summed E-state index contributed by atoms with van der Waals surface area (Å²) in [5.41, 5.74) is 8.97. The van der Waals surface area contributed by atoms with Gasteiger partial charge in [0.25, 0.3) is 5.56 Å². The van der Waals surface area contributed by atoms with Crippen LogP contribution in [0.1, 0.15) is 5.69 Å². The Hall–Kier alpha value is -3.31. The van der Waals surface area contributed by atoms with Crippen molar-refractivity contribution in [3.05, 3.63) is 83.0 Å². The Labute approximate surface area is 144 Å². The molecule has 25 heavy (non-hydrogen) atoms. The number of hydrogen-bond acceptors (Lipinski definition) is 3. The lowest BCUT2D eigenvalue weighted by Gasteiger charge is -2.11. The van der Waals surface area contributed by atoms with Gasteiger partial charge in [-0.05, 0) is 29.8 Å². The molecule has 0 saturated heterocycles. The lowest BCUT2D eigenvalue weighted by atomic mass is 9.98. The van der Waals surface area contributed by atoms with Crippen LogP contribution in [0, 0.1) is 0 Å². The Morgan fingerprint density at radius 3 is 2.56 bits per heavy atom. The van der Waals surface area contributed by atoms with Crippen molar-refractivity contribution >= 4 is 10.9 Å². The Kier molecular flexibility index (Phi) is 3.84. The Balaban J connectivity index is 2.02. The van der Waals surface area contributed by atoms with Crippen molar-refractivity contribution in [1.82, 2.24) is 15.0 Å². The second-order valence-electron chi connectivity index (χ2n) is 5.78. The molecule has 3 heterocycles. The van der Waals surface area contributed by atoms with E-state index in [0.29, 0.717) is 17.4 Å². The van der Waals surface area contributed by atoms with E-state index in [2.05, 4.69) is 15.7 Å². The van der Waals surface area contributed by atoms with Gasteiger partial charge in [0.2, 0.25) is 0 Å². The average molecular weight is 329 g/mol. The Morgan fingerprint density at radius 1 is 1.00 bits per heavy atom. The lowest BCUT2D eigenvalue weighted by Crippen LogP contribution is -2.47. The van der Waals surface area contributed by atoms with Crippen LogP contribution in [-0.4, -0.2) is 15.0 Å². The third-order valence-electron chi connectivity index (χ3n) is 4.19. The van der Waals surface area contributed by atoms with E-state index in [1.165, 1.54) is 0 Å². The highest BCUT2D eigenvalue weighted by Gasteiger charge is 2.13. The number of benzene rings is 1. The number of hydrogen-bond donors (Lipinski definition) is 2. The molecule has 0 amide bonds. The van der Waals surface area contributed by atoms with E-state index >= 15 is 0 Å². The van der Waals surface area contributed by atoms with E-state index in [0.717, 1.165) is 28.1 Å². The zero-order valence-corrected chi connectivity index (χ0v) is 13.6. The number of aromatic nitrogens is 3. The molecule has 5 nitrogen and oxygen atoms in total. The van der Waals surface area contributed by atoms with Crippen molar-refractivity contribution in [3.8, 4) is 22.4 Å². The lowest BCUT2D eigenvalue weighted by molar-refractivity contribution is -0.387. The van der Waals surface area contributed by atoms with Crippen molar-refractivity contribution in [2.24, 2.45) is 0 Å². The number of aromatic amines is 1. The summed E-state index contributed by atoms with van der Waals surface area (Å²) in [6.07, 6.45) is 3.43. The molecule has 122 valence electrons. The summed E-state index contributed by atoms with van der Waals surface area (Å²) >= 11 is 0. The first-order valence-electron chi connectivity index (χ1n) is 8.08. The van der Waals surface area contributed by atoms with E-state index in [-0.39, 0.29) is 5.56 Å². The van der Waals surface area contributed by atoms with Crippen molar-refractivity contribution in [1.29, 1.82) is 0 Å². The standard InChI is InChI=1S/C20H16N4O/c21-11-15-7-6-14(12-23-15)19-16(13-4-2-1-3-5-13)10-17-18(24-19)8-9-22-20(17)25/h1-10,12H,11,21H2,(H,22,25)/p+1. The predicted molar refractivity (Wildman–Crippen MR) is 97.6 cm³/mol. The van der Waals surface area contributed by atoms with Gasteiger partial charge < -0.3 is 10.7 Å². The van der Waals surface area contributed by atoms with Crippen LogP contribution in [0.4, 0.5) is 0 Å². The molecule has 0 fully saturated rings. The topological polar surface area (TPSA) is 86.3 Å². The summed E-state index contributed by atoms with van der Waals surface area (Å²) in [5.74, 6) is 0. The number of fused-ring (bicyclic) bond motifs is 1. The van der Waals surface area contributed by atoms with Crippen molar-refractivity contribution < 1.29 is 5.73 Å². The predicted octanol–water partition coefficient (Wildman–Crippen LogP) is 2.39. The van der Waals surface area contributed by atoms with Gasteiger partial charge in [0.15, 0.2) is 0 Å². The van der Waals surface area contributed by atoms with E-state index in [1.54, 1.807) is 6.20 Å². The second kappa shape index (κ2) is 6.30. The second-order valence-corrected chi connectivity index (χ2v) is 5.78. The minimum absolute atomic E-state index is 0.140. The molecule has 0 radical (unpaired) electrons. The maximum atomic E-state index is 12.2. The fraction of sp³-hybridized carbons (Fsp3) is 0.0500. The molecule has 0 aliphatic heterocycles. The summed E-state index contributed by atoms with van der Waals surface area (Å²) in [4.78, 5) is 24.1. The van der Waals surface area contributed by atoms with Gasteiger partial charge in [0.05, 0.1) is 22.3 Å². The first-order valence-corrected chi connectivity index (χ1v) is 8.08. The molecular weight excluding hydrogens is 312 g/mol. The maximum absolute atomic E-state index is 12.2. The van der Waals surface area contributed by atoms with E-state index in [1.807, 2.05) is 60.8 Å². The normalized spacial score (nSPS) is 10.9. The molecule has 0 bridgehead atoms. The summed E-state index contributed by atoms with van der Waals surface area (Å²) < 4.78 is 0. The SMILES string of the molecule is [NH3+]Cc1ccc(-c2nc3cc[nH]c(=O)c3cc2-c2ccccc2)cn1. The molecule has 4 rings (SSSR count). The van der Waals surface area contributed by atoms with Gasteiger partial charge >= 0.3 is 0 Å². The van der Waals surface area contributed by atoms with E-state index in [4.69, 9.17) is 4.98 Å². The van der Waals surface area contributed by atoms with Gasteiger partial charge in [0, 0.05) is 23.5 Å². The van der Waals surface area contributed by atoms with Crippen LogP contribution in [0.25, 0.3) is 33.3 Å². The molecule has 0 saturated carbocycles. The van der Waals surface area contributed by atoms with Crippen molar-refractivity contribution in [2.45, 2.75) is 6.54 Å². The van der Waals surface area contributed by atoms with Crippen LogP contribution in [0.3, 0.4) is 0 Å². The molecule has 4 N–H and O–H groups in total. The quantitative estimate of drug-likeness (QED) is 0.605. The largest absolute Gasteiger partial charge is 0.353 e. The van der Waals surface area contributed by atoms with Crippen LogP contribution in [-0.2, 0) is 6.54 Å². The molecule has 3 aromatic heterocycles. The zero-order valence-electron chi connectivity index (χ0n) is 13.6.